The molecular weight excluding hydrogens is 538 g/mol. The van der Waals surface area contributed by atoms with Crippen LogP contribution in [0.4, 0.5) is 10.1 Å². The van der Waals surface area contributed by atoms with Crippen molar-refractivity contribution in [2.45, 2.75) is 39.3 Å². The second kappa shape index (κ2) is 12.7. The van der Waals surface area contributed by atoms with Crippen molar-refractivity contribution in [3.63, 3.8) is 0 Å². The van der Waals surface area contributed by atoms with Gasteiger partial charge in [0, 0.05) is 31.4 Å². The fraction of sp³-hybridized carbons (Fsp3) is 0.458. The van der Waals surface area contributed by atoms with E-state index < -0.39 is 0 Å². The number of aromatic hydroxyl groups is 1. The molecule has 2 aromatic rings. The first-order valence-electron chi connectivity index (χ1n) is 10.9. The zero-order valence-corrected chi connectivity index (χ0v) is 22.0. The number of phenolic OH excluding ortho intramolecular Hbond substituents is 1. The van der Waals surface area contributed by atoms with E-state index in [0.29, 0.717) is 18.0 Å². The van der Waals surface area contributed by atoms with Crippen LogP contribution in [0.25, 0.3) is 0 Å². The fourth-order valence-corrected chi connectivity index (χ4v) is 4.01. The van der Waals surface area contributed by atoms with Gasteiger partial charge in [-0.1, -0.05) is 0 Å². The van der Waals surface area contributed by atoms with Crippen LogP contribution in [-0.2, 0) is 6.54 Å². The maximum atomic E-state index is 13.5. The molecule has 0 aromatic heterocycles. The molecule has 1 atom stereocenters. The number of methoxy groups -OCH3 is 2. The summed E-state index contributed by atoms with van der Waals surface area (Å²) in [7, 11) is 3.01. The van der Waals surface area contributed by atoms with Crippen LogP contribution in [0.3, 0.4) is 0 Å². The van der Waals surface area contributed by atoms with Gasteiger partial charge in [0.1, 0.15) is 5.82 Å². The first-order chi connectivity index (χ1) is 15.4. The van der Waals surface area contributed by atoms with Crippen LogP contribution < -0.4 is 25.0 Å². The Bertz CT molecular complexity index is 932. The molecule has 2 aromatic carbocycles. The van der Waals surface area contributed by atoms with Gasteiger partial charge in [-0.25, -0.2) is 9.38 Å². The van der Waals surface area contributed by atoms with Crippen LogP contribution in [0.5, 0.6) is 17.2 Å². The van der Waals surface area contributed by atoms with E-state index in [0.717, 1.165) is 55.2 Å². The quantitative estimate of drug-likeness (QED) is 0.263. The maximum Gasteiger partial charge on any atom is 0.200 e. The number of nitrogens with one attached hydrogen (secondary N) is 2. The van der Waals surface area contributed by atoms with Crippen molar-refractivity contribution in [3.8, 4) is 17.2 Å². The average molecular weight is 572 g/mol. The zero-order valence-electron chi connectivity index (χ0n) is 19.7. The normalized spacial score (nSPS) is 16.1. The van der Waals surface area contributed by atoms with Crippen LogP contribution in [0, 0.1) is 12.7 Å². The van der Waals surface area contributed by atoms with E-state index in [-0.39, 0.29) is 41.6 Å². The number of piperidine rings is 1. The number of hydrogen-bond acceptors (Lipinski definition) is 5. The Labute approximate surface area is 212 Å². The number of halogens is 2. The molecular formula is C24H34FIN4O3. The lowest BCUT2D eigenvalue weighted by molar-refractivity contribution is 0.339. The predicted octanol–water partition coefficient (Wildman–Crippen LogP) is 4.20. The largest absolute Gasteiger partial charge is 0.502 e. The van der Waals surface area contributed by atoms with Gasteiger partial charge in [0.2, 0.25) is 5.75 Å². The molecule has 3 rings (SSSR count). The SMILES string of the molecule is CCNC(=NCc1cc(OC)c(O)c(OC)c1)NC1CCCN(c2ccc(F)cc2C)C1.I. The zero-order chi connectivity index (χ0) is 23.1. The molecule has 1 unspecified atom stereocenters. The summed E-state index contributed by atoms with van der Waals surface area (Å²) in [6, 6.07) is 8.69. The predicted molar refractivity (Wildman–Crippen MR) is 141 cm³/mol. The number of hydrogen-bond donors (Lipinski definition) is 3. The standard InChI is InChI=1S/C24H33FN4O3.HI/c1-5-26-24(27-14-17-12-21(31-3)23(30)22(13-17)32-4)28-19-7-6-10-29(15-19)20-9-8-18(25)11-16(20)2;/h8-9,11-13,19,30H,5-7,10,14-15H2,1-4H3,(H2,26,27,28);1H. The highest BCUT2D eigenvalue weighted by molar-refractivity contribution is 14.0. The van der Waals surface area contributed by atoms with Crippen LogP contribution in [0.1, 0.15) is 30.9 Å². The molecule has 1 saturated heterocycles. The number of anilines is 1. The van der Waals surface area contributed by atoms with Crippen LogP contribution >= 0.6 is 24.0 Å². The van der Waals surface area contributed by atoms with E-state index in [2.05, 4.69) is 15.5 Å². The Hall–Kier alpha value is -2.43. The van der Waals surface area contributed by atoms with E-state index in [9.17, 15) is 9.50 Å². The number of nitrogens with zero attached hydrogens (tertiary/aromatic N) is 2. The Morgan fingerprint density at radius 3 is 2.52 bits per heavy atom. The number of rotatable bonds is 7. The smallest absolute Gasteiger partial charge is 0.200 e. The third kappa shape index (κ3) is 7.02. The van der Waals surface area contributed by atoms with Crippen molar-refractivity contribution in [2.24, 2.45) is 4.99 Å². The number of aliphatic imine (C=N–C) groups is 1. The highest BCUT2D eigenvalue weighted by Gasteiger charge is 2.22. The third-order valence-corrected chi connectivity index (χ3v) is 5.57. The minimum Gasteiger partial charge on any atom is -0.502 e. The third-order valence-electron chi connectivity index (χ3n) is 5.57. The second-order valence-electron chi connectivity index (χ2n) is 7.90. The molecule has 0 spiro atoms. The lowest BCUT2D eigenvalue weighted by Crippen LogP contribution is -2.51. The molecule has 0 aliphatic carbocycles. The number of guanidine groups is 1. The van der Waals surface area contributed by atoms with Gasteiger partial charge in [-0.15, -0.1) is 24.0 Å². The van der Waals surface area contributed by atoms with Crippen LogP contribution in [0.2, 0.25) is 0 Å². The van der Waals surface area contributed by atoms with Crippen molar-refractivity contribution >= 4 is 35.6 Å². The molecule has 9 heteroatoms. The van der Waals surface area contributed by atoms with Crippen molar-refractivity contribution in [3.05, 3.63) is 47.3 Å². The molecule has 0 saturated carbocycles. The molecule has 3 N–H and O–H groups in total. The van der Waals surface area contributed by atoms with Crippen molar-refractivity contribution in [1.29, 1.82) is 0 Å². The summed E-state index contributed by atoms with van der Waals surface area (Å²) in [4.78, 5) is 7.02. The topological polar surface area (TPSA) is 78.4 Å². The minimum absolute atomic E-state index is 0. The average Bonchev–Trinajstić information content (AvgIpc) is 2.78. The van der Waals surface area contributed by atoms with Crippen molar-refractivity contribution in [2.75, 3.05) is 38.8 Å². The minimum atomic E-state index is -0.206. The van der Waals surface area contributed by atoms with Gasteiger partial charge in [0.05, 0.1) is 20.8 Å². The number of aryl methyl sites for hydroxylation is 1. The summed E-state index contributed by atoms with van der Waals surface area (Å²) >= 11 is 0. The summed E-state index contributed by atoms with van der Waals surface area (Å²) in [5.41, 5.74) is 2.88. The van der Waals surface area contributed by atoms with Gasteiger partial charge in [0.25, 0.3) is 0 Å². The Balaban J connectivity index is 0.00000385. The Kier molecular flexibility index (Phi) is 10.3. The summed E-state index contributed by atoms with van der Waals surface area (Å²) in [6.07, 6.45) is 2.07. The molecule has 0 radical (unpaired) electrons. The molecule has 33 heavy (non-hydrogen) atoms. The van der Waals surface area contributed by atoms with E-state index >= 15 is 0 Å². The Morgan fingerprint density at radius 2 is 1.91 bits per heavy atom. The van der Waals surface area contributed by atoms with Gasteiger partial charge in [0.15, 0.2) is 17.5 Å². The number of phenols is 1. The summed E-state index contributed by atoms with van der Waals surface area (Å²) in [6.45, 7) is 6.88. The van der Waals surface area contributed by atoms with E-state index in [1.165, 1.54) is 20.3 Å². The number of benzene rings is 2. The monoisotopic (exact) mass is 572 g/mol. The molecule has 1 aliphatic heterocycles. The lowest BCUT2D eigenvalue weighted by Gasteiger charge is -2.36. The molecule has 7 nitrogen and oxygen atoms in total. The Morgan fingerprint density at radius 1 is 1.21 bits per heavy atom. The van der Waals surface area contributed by atoms with Crippen LogP contribution in [-0.4, -0.2) is 51.0 Å². The van der Waals surface area contributed by atoms with E-state index in [1.54, 1.807) is 18.2 Å². The summed E-state index contributed by atoms with van der Waals surface area (Å²) in [5, 5.41) is 16.9. The first kappa shape index (κ1) is 26.8. The molecule has 1 aliphatic rings. The lowest BCUT2D eigenvalue weighted by atomic mass is 10.0. The van der Waals surface area contributed by atoms with Gasteiger partial charge in [-0.3, -0.25) is 0 Å². The summed E-state index contributed by atoms with van der Waals surface area (Å²) in [5.74, 6) is 1.20. The van der Waals surface area contributed by atoms with Gasteiger partial charge in [-0.05, 0) is 68.1 Å². The van der Waals surface area contributed by atoms with Crippen molar-refractivity contribution < 1.29 is 19.0 Å². The molecule has 1 heterocycles. The second-order valence-corrected chi connectivity index (χ2v) is 7.90. The highest BCUT2D eigenvalue weighted by Crippen LogP contribution is 2.37. The molecule has 1 fully saturated rings. The fourth-order valence-electron chi connectivity index (χ4n) is 4.01. The van der Waals surface area contributed by atoms with E-state index in [4.69, 9.17) is 14.5 Å². The summed E-state index contributed by atoms with van der Waals surface area (Å²) < 4.78 is 24.0. The maximum absolute atomic E-state index is 13.5. The van der Waals surface area contributed by atoms with Crippen molar-refractivity contribution in [1.82, 2.24) is 10.6 Å². The molecule has 0 bridgehead atoms. The van der Waals surface area contributed by atoms with E-state index in [1.807, 2.05) is 19.9 Å². The van der Waals surface area contributed by atoms with Gasteiger partial charge in [-0.2, -0.15) is 0 Å². The molecule has 0 amide bonds. The highest BCUT2D eigenvalue weighted by atomic mass is 127. The van der Waals surface area contributed by atoms with Gasteiger partial charge >= 0.3 is 0 Å². The number of ether oxygens (including phenoxy) is 2. The van der Waals surface area contributed by atoms with Crippen LogP contribution in [0.15, 0.2) is 35.3 Å². The van der Waals surface area contributed by atoms with Gasteiger partial charge < -0.3 is 30.1 Å². The first-order valence-corrected chi connectivity index (χ1v) is 10.9. The molecule has 182 valence electrons.